The summed E-state index contributed by atoms with van der Waals surface area (Å²) in [6, 6.07) is 7.20. The van der Waals surface area contributed by atoms with Gasteiger partial charge in [0.2, 0.25) is 5.91 Å². The van der Waals surface area contributed by atoms with E-state index in [9.17, 15) is 9.59 Å². The highest BCUT2D eigenvalue weighted by Crippen LogP contribution is 2.45. The number of nitrogens with zero attached hydrogens (tertiary/aromatic N) is 3. The van der Waals surface area contributed by atoms with Crippen LogP contribution in [0.4, 0.5) is 0 Å². The summed E-state index contributed by atoms with van der Waals surface area (Å²) in [5.74, 6) is 0.384. The van der Waals surface area contributed by atoms with E-state index in [4.69, 9.17) is 14.5 Å². The molecule has 2 aliphatic rings. The van der Waals surface area contributed by atoms with Crippen molar-refractivity contribution in [2.24, 2.45) is 4.99 Å². The summed E-state index contributed by atoms with van der Waals surface area (Å²) in [6.45, 7) is 9.52. The Morgan fingerprint density at radius 1 is 1.18 bits per heavy atom. The molecule has 0 aromatic heterocycles. The van der Waals surface area contributed by atoms with Crippen molar-refractivity contribution in [3.05, 3.63) is 52.2 Å². The highest BCUT2D eigenvalue weighted by molar-refractivity contribution is 8.16. The van der Waals surface area contributed by atoms with Gasteiger partial charge < -0.3 is 19.3 Å². The first-order chi connectivity index (χ1) is 15.9. The van der Waals surface area contributed by atoms with E-state index in [1.807, 2.05) is 46.4 Å². The molecule has 178 valence electrons. The van der Waals surface area contributed by atoms with Gasteiger partial charge in [-0.3, -0.25) is 4.79 Å². The van der Waals surface area contributed by atoms with Gasteiger partial charge in [0.25, 0.3) is 0 Å². The first-order valence-corrected chi connectivity index (χ1v) is 12.4. The molecule has 0 fully saturated rings. The number of carbonyl (C=O) groups excluding carboxylic acids is 2. The number of amides is 1. The normalized spacial score (nSPS) is 17.4. The monoisotopic (exact) mass is 471 g/mol. The Morgan fingerprint density at radius 2 is 1.91 bits per heavy atom. The zero-order valence-electron chi connectivity index (χ0n) is 20.1. The minimum atomic E-state index is -0.452. The summed E-state index contributed by atoms with van der Waals surface area (Å²) in [6.07, 6.45) is 2.08. The van der Waals surface area contributed by atoms with Crippen molar-refractivity contribution >= 4 is 28.8 Å². The molecule has 1 unspecified atom stereocenters. The fourth-order valence-electron chi connectivity index (χ4n) is 4.13. The number of thioether (sulfide) groups is 1. The number of aliphatic imine (C=N–C) groups is 1. The van der Waals surface area contributed by atoms with E-state index in [0.717, 1.165) is 42.4 Å². The van der Waals surface area contributed by atoms with E-state index in [2.05, 4.69) is 13.8 Å². The van der Waals surface area contributed by atoms with Gasteiger partial charge >= 0.3 is 5.97 Å². The van der Waals surface area contributed by atoms with E-state index in [1.54, 1.807) is 14.0 Å². The van der Waals surface area contributed by atoms with Crippen molar-refractivity contribution in [3.8, 4) is 5.75 Å². The van der Waals surface area contributed by atoms with Crippen LogP contribution in [0.25, 0.3) is 0 Å². The number of ether oxygens (including phenoxy) is 2. The average Bonchev–Trinajstić information content (AvgIpc) is 3.19. The van der Waals surface area contributed by atoms with Gasteiger partial charge in [-0.25, -0.2) is 9.79 Å². The number of hydrogen-bond acceptors (Lipinski definition) is 7. The van der Waals surface area contributed by atoms with Crippen LogP contribution in [0.15, 0.2) is 51.6 Å². The Balaban J connectivity index is 2.01. The molecule has 0 bridgehead atoms. The van der Waals surface area contributed by atoms with Crippen LogP contribution in [-0.4, -0.2) is 53.7 Å². The molecule has 1 amide bonds. The second-order valence-electron chi connectivity index (χ2n) is 7.95. The van der Waals surface area contributed by atoms with Gasteiger partial charge in [-0.1, -0.05) is 37.7 Å². The molecule has 0 saturated heterocycles. The number of benzene rings is 1. The van der Waals surface area contributed by atoms with Gasteiger partial charge in [0.1, 0.15) is 5.75 Å². The van der Waals surface area contributed by atoms with Crippen LogP contribution in [0, 0.1) is 0 Å². The maximum Gasteiger partial charge on any atom is 0.338 e. The second-order valence-corrected chi connectivity index (χ2v) is 8.78. The maximum atomic E-state index is 13.2. The van der Waals surface area contributed by atoms with Crippen LogP contribution in [0.2, 0.25) is 0 Å². The summed E-state index contributed by atoms with van der Waals surface area (Å²) in [4.78, 5) is 34.8. The zero-order chi connectivity index (χ0) is 24.0. The number of fused-ring (bicyclic) bond motifs is 1. The highest BCUT2D eigenvalue weighted by Gasteiger charge is 2.41. The fourth-order valence-corrected chi connectivity index (χ4v) is 5.10. The third-order valence-corrected chi connectivity index (χ3v) is 6.47. The minimum absolute atomic E-state index is 0.0835. The molecule has 3 rings (SSSR count). The van der Waals surface area contributed by atoms with Crippen molar-refractivity contribution in [3.63, 3.8) is 0 Å². The topological polar surface area (TPSA) is 71.4 Å². The fraction of sp³-hybridized carbons (Fsp3) is 0.480. The molecule has 0 N–H and O–H groups in total. The number of allylic oxidation sites excluding steroid dienone is 1. The number of methoxy groups -OCH3 is 1. The maximum absolute atomic E-state index is 13.2. The number of carbonyl (C=O) groups is 2. The quantitative estimate of drug-likeness (QED) is 0.453. The lowest BCUT2D eigenvalue weighted by molar-refractivity contribution is -0.139. The average molecular weight is 472 g/mol. The molecule has 2 aliphatic heterocycles. The summed E-state index contributed by atoms with van der Waals surface area (Å²) < 4.78 is 10.8. The minimum Gasteiger partial charge on any atom is -0.497 e. The van der Waals surface area contributed by atoms with Crippen LogP contribution < -0.4 is 4.74 Å². The molecule has 1 atom stereocenters. The van der Waals surface area contributed by atoms with Crippen molar-refractivity contribution in [1.82, 2.24) is 9.80 Å². The van der Waals surface area contributed by atoms with Gasteiger partial charge in [-0.15, -0.1) is 0 Å². The predicted octanol–water partition coefficient (Wildman–Crippen LogP) is 4.87. The summed E-state index contributed by atoms with van der Waals surface area (Å²) in [7, 11) is 1.62. The van der Waals surface area contributed by atoms with E-state index in [-0.39, 0.29) is 18.9 Å². The molecule has 0 spiro atoms. The lowest BCUT2D eigenvalue weighted by Gasteiger charge is -2.36. The van der Waals surface area contributed by atoms with E-state index < -0.39 is 12.0 Å². The molecule has 0 aliphatic carbocycles. The van der Waals surface area contributed by atoms with E-state index in [0.29, 0.717) is 17.0 Å². The van der Waals surface area contributed by atoms with Crippen LogP contribution in [0.5, 0.6) is 5.75 Å². The van der Waals surface area contributed by atoms with Crippen molar-refractivity contribution in [2.75, 3.05) is 26.8 Å². The Labute approximate surface area is 200 Å². The molecular formula is C25H33N3O4S. The van der Waals surface area contributed by atoms with Crippen LogP contribution in [0.1, 0.15) is 58.6 Å². The third-order valence-electron chi connectivity index (χ3n) is 5.58. The van der Waals surface area contributed by atoms with Gasteiger partial charge in [-0.05, 0) is 49.8 Å². The Kier molecular flexibility index (Phi) is 8.61. The summed E-state index contributed by atoms with van der Waals surface area (Å²) in [5, 5.41) is 2.73. The van der Waals surface area contributed by atoms with Crippen LogP contribution >= 0.6 is 11.8 Å². The van der Waals surface area contributed by atoms with Gasteiger partial charge in [0.15, 0.2) is 5.17 Å². The zero-order valence-corrected chi connectivity index (χ0v) is 20.9. The second kappa shape index (κ2) is 11.4. The van der Waals surface area contributed by atoms with Crippen molar-refractivity contribution in [1.29, 1.82) is 0 Å². The van der Waals surface area contributed by atoms with Gasteiger partial charge in [0, 0.05) is 18.8 Å². The molecule has 0 radical (unpaired) electrons. The summed E-state index contributed by atoms with van der Waals surface area (Å²) >= 11 is 1.48. The Hall–Kier alpha value is -2.74. The molecule has 8 heteroatoms. The third kappa shape index (κ3) is 5.43. The van der Waals surface area contributed by atoms with Gasteiger partial charge in [0.05, 0.1) is 37.4 Å². The van der Waals surface area contributed by atoms with Crippen LogP contribution in [0.3, 0.4) is 0 Å². The lowest BCUT2D eigenvalue weighted by atomic mass is 9.93. The van der Waals surface area contributed by atoms with Crippen molar-refractivity contribution in [2.45, 2.75) is 53.0 Å². The Morgan fingerprint density at radius 3 is 2.55 bits per heavy atom. The SMILES string of the molecule is CCCN(CCC)C(=O)CC1=CSC2=NC(C)=C(C(=O)OCC)C(c3cccc(OC)c3)N12. The number of hydrogen-bond donors (Lipinski definition) is 0. The van der Waals surface area contributed by atoms with E-state index in [1.165, 1.54) is 11.8 Å². The highest BCUT2D eigenvalue weighted by atomic mass is 32.2. The predicted molar refractivity (Wildman–Crippen MR) is 132 cm³/mol. The van der Waals surface area contributed by atoms with Crippen molar-refractivity contribution < 1.29 is 19.1 Å². The number of esters is 1. The smallest absolute Gasteiger partial charge is 0.338 e. The van der Waals surface area contributed by atoms with Crippen LogP contribution in [-0.2, 0) is 14.3 Å². The Bertz CT molecular complexity index is 980. The molecule has 1 aromatic carbocycles. The van der Waals surface area contributed by atoms with Gasteiger partial charge in [-0.2, -0.15) is 0 Å². The molecule has 33 heavy (non-hydrogen) atoms. The first kappa shape index (κ1) is 24.9. The molecule has 0 saturated carbocycles. The number of rotatable bonds is 10. The molecule has 2 heterocycles. The molecular weight excluding hydrogens is 438 g/mol. The molecule has 7 nitrogen and oxygen atoms in total. The largest absolute Gasteiger partial charge is 0.497 e. The standard InChI is InChI=1S/C25H33N3O4S/c1-6-12-27(13-7-2)21(29)15-19-16-33-25-26-17(4)22(24(30)32-8-3)23(28(19)25)18-10-9-11-20(14-18)31-5/h9-11,14,16,23H,6-8,12-13,15H2,1-5H3. The first-order valence-electron chi connectivity index (χ1n) is 11.5. The number of amidine groups is 1. The van der Waals surface area contributed by atoms with E-state index >= 15 is 0 Å². The molecule has 1 aromatic rings. The summed E-state index contributed by atoms with van der Waals surface area (Å²) in [5.41, 5.74) is 2.82. The lowest BCUT2D eigenvalue weighted by Crippen LogP contribution is -2.39.